The lowest BCUT2D eigenvalue weighted by molar-refractivity contribution is -0.114. The maximum Gasteiger partial charge on any atom is 0.221 e. The van der Waals surface area contributed by atoms with Gasteiger partial charge in [-0.05, 0) is 79.3 Å². The van der Waals surface area contributed by atoms with E-state index in [-0.39, 0.29) is 18.0 Å². The number of carbonyl (C=O) groups excluding carboxylic acids is 1. The molecule has 0 spiro atoms. The molecule has 0 radical (unpaired) electrons. The van der Waals surface area contributed by atoms with Crippen molar-refractivity contribution in [1.29, 1.82) is 0 Å². The molecule has 36 heavy (non-hydrogen) atoms. The fourth-order valence-corrected chi connectivity index (χ4v) is 5.06. The number of amides is 1. The van der Waals surface area contributed by atoms with E-state index in [1.165, 1.54) is 12.5 Å². The summed E-state index contributed by atoms with van der Waals surface area (Å²) >= 11 is 5.88. The molecule has 3 heterocycles. The van der Waals surface area contributed by atoms with E-state index in [1.54, 1.807) is 13.3 Å². The molecule has 1 saturated heterocycles. The van der Waals surface area contributed by atoms with Crippen molar-refractivity contribution < 1.29 is 9.53 Å². The Labute approximate surface area is 215 Å². The van der Waals surface area contributed by atoms with Gasteiger partial charge in [-0.25, -0.2) is 0 Å². The smallest absolute Gasteiger partial charge is 0.221 e. The lowest BCUT2D eigenvalue weighted by atomic mass is 10.0. The number of benzene rings is 2. The van der Waals surface area contributed by atoms with E-state index in [0.29, 0.717) is 16.5 Å². The fraction of sp³-hybridized carbons (Fsp3) is 0.179. The molecule has 182 valence electrons. The first-order valence-corrected chi connectivity index (χ1v) is 12.1. The van der Waals surface area contributed by atoms with Crippen molar-refractivity contribution in [3.05, 3.63) is 102 Å². The average Bonchev–Trinajstić information content (AvgIpc) is 3.48. The minimum absolute atomic E-state index is 0.177. The second kappa shape index (κ2) is 9.83. The number of nitrogens with zero attached hydrogens (tertiary/aromatic N) is 3. The van der Waals surface area contributed by atoms with Crippen molar-refractivity contribution in [2.24, 2.45) is 0 Å². The molecule has 8 heteroatoms. The van der Waals surface area contributed by atoms with Crippen LogP contribution in [0.3, 0.4) is 0 Å². The zero-order valence-corrected chi connectivity index (χ0v) is 21.1. The van der Waals surface area contributed by atoms with E-state index >= 15 is 0 Å². The Balaban J connectivity index is 1.66. The number of anilines is 2. The van der Waals surface area contributed by atoms with Crippen LogP contribution in [0, 0.1) is 6.92 Å². The van der Waals surface area contributed by atoms with Crippen molar-refractivity contribution in [1.82, 2.24) is 14.9 Å². The summed E-state index contributed by atoms with van der Waals surface area (Å²) in [4.78, 5) is 18.6. The first kappa shape index (κ1) is 23.6. The van der Waals surface area contributed by atoms with Crippen LogP contribution < -0.4 is 20.3 Å². The number of ether oxygens (including phenoxy) is 1. The summed E-state index contributed by atoms with van der Waals surface area (Å²) in [6.45, 7) is 3.56. The van der Waals surface area contributed by atoms with Crippen LogP contribution in [-0.2, 0) is 4.79 Å². The predicted octanol–water partition coefficient (Wildman–Crippen LogP) is 5.32. The van der Waals surface area contributed by atoms with Gasteiger partial charge >= 0.3 is 0 Å². The summed E-state index contributed by atoms with van der Waals surface area (Å²) in [6, 6.07) is 23.7. The van der Waals surface area contributed by atoms with Crippen molar-refractivity contribution in [3.8, 4) is 11.4 Å². The van der Waals surface area contributed by atoms with E-state index < -0.39 is 0 Å². The van der Waals surface area contributed by atoms with Crippen LogP contribution in [0.4, 0.5) is 11.4 Å². The van der Waals surface area contributed by atoms with Gasteiger partial charge in [-0.15, -0.1) is 0 Å². The molecule has 2 N–H and O–H groups in total. The van der Waals surface area contributed by atoms with Gasteiger partial charge in [-0.3, -0.25) is 9.78 Å². The van der Waals surface area contributed by atoms with Crippen molar-refractivity contribution in [3.63, 3.8) is 0 Å². The van der Waals surface area contributed by atoms with Gasteiger partial charge in [0.25, 0.3) is 0 Å². The monoisotopic (exact) mass is 497 g/mol. The third-order valence-electron chi connectivity index (χ3n) is 6.23. The second-order valence-corrected chi connectivity index (χ2v) is 9.09. The Morgan fingerprint density at radius 2 is 1.92 bits per heavy atom. The number of carbonyl (C=O) groups is 1. The van der Waals surface area contributed by atoms with Crippen LogP contribution in [-0.4, -0.2) is 27.7 Å². The standard InChI is InChI=1S/C28H27N5O2S/c1-18-8-6-9-20(16-18)32-15-7-11-24(32)27-26(22-10-4-5-14-29-22)31-28(36)33(27)21-12-13-25(35-3)23(17-21)30-19(2)34/h4-17,26-27H,1-3H3,(H,30,34)(H,31,36)/t26-,27+/m0/s1. The molecule has 2 atom stereocenters. The lowest BCUT2D eigenvalue weighted by Gasteiger charge is -2.29. The number of nitrogens with one attached hydrogen (secondary N) is 2. The van der Waals surface area contributed by atoms with Crippen LogP contribution in [0.25, 0.3) is 5.69 Å². The third-order valence-corrected chi connectivity index (χ3v) is 6.55. The third kappa shape index (κ3) is 4.43. The Morgan fingerprint density at radius 3 is 2.64 bits per heavy atom. The number of hydrogen-bond donors (Lipinski definition) is 2. The summed E-state index contributed by atoms with van der Waals surface area (Å²) in [5.74, 6) is 0.400. The molecule has 0 unspecified atom stereocenters. The van der Waals surface area contributed by atoms with Gasteiger partial charge in [-0.1, -0.05) is 18.2 Å². The topological polar surface area (TPSA) is 71.4 Å². The molecule has 1 aliphatic rings. The number of aryl methyl sites for hydroxylation is 1. The van der Waals surface area contributed by atoms with Crippen LogP contribution in [0.2, 0.25) is 0 Å². The SMILES string of the molecule is COc1ccc(N2C(=S)N[C@@H](c3ccccn3)[C@H]2c2cccn2-c2cccc(C)c2)cc1NC(C)=O. The summed E-state index contributed by atoms with van der Waals surface area (Å²) in [6.07, 6.45) is 3.86. The van der Waals surface area contributed by atoms with E-state index in [2.05, 4.69) is 68.5 Å². The maximum absolute atomic E-state index is 11.9. The number of aromatic nitrogens is 2. The molecule has 1 aliphatic heterocycles. The van der Waals surface area contributed by atoms with Gasteiger partial charge in [0.15, 0.2) is 5.11 Å². The largest absolute Gasteiger partial charge is 0.495 e. The highest BCUT2D eigenvalue weighted by molar-refractivity contribution is 7.80. The first-order chi connectivity index (χ1) is 17.5. The molecule has 0 saturated carbocycles. The van der Waals surface area contributed by atoms with E-state index in [1.807, 2.05) is 42.5 Å². The van der Waals surface area contributed by atoms with E-state index in [9.17, 15) is 4.79 Å². The fourth-order valence-electron chi connectivity index (χ4n) is 4.71. The quantitative estimate of drug-likeness (QED) is 0.351. The minimum Gasteiger partial charge on any atom is -0.495 e. The highest BCUT2D eigenvalue weighted by Crippen LogP contribution is 2.43. The average molecular weight is 498 g/mol. The van der Waals surface area contributed by atoms with E-state index in [4.69, 9.17) is 17.0 Å². The van der Waals surface area contributed by atoms with Crippen LogP contribution >= 0.6 is 12.2 Å². The lowest BCUT2D eigenvalue weighted by Crippen LogP contribution is -2.30. The summed E-state index contributed by atoms with van der Waals surface area (Å²) in [5.41, 5.74) is 5.61. The summed E-state index contributed by atoms with van der Waals surface area (Å²) in [5, 5.41) is 6.94. The Hall–Kier alpha value is -4.17. The molecule has 7 nitrogen and oxygen atoms in total. The molecular weight excluding hydrogens is 470 g/mol. The first-order valence-electron chi connectivity index (χ1n) is 11.7. The number of thiocarbonyl (C=S) groups is 1. The Bertz CT molecular complexity index is 1420. The second-order valence-electron chi connectivity index (χ2n) is 8.70. The molecule has 1 amide bonds. The van der Waals surface area contributed by atoms with Gasteiger partial charge < -0.3 is 24.8 Å². The van der Waals surface area contributed by atoms with Gasteiger partial charge in [0.05, 0.1) is 24.5 Å². The van der Waals surface area contributed by atoms with Gasteiger partial charge in [0.2, 0.25) is 5.91 Å². The number of methoxy groups -OCH3 is 1. The molecule has 0 bridgehead atoms. The van der Waals surface area contributed by atoms with Crippen LogP contribution in [0.1, 0.15) is 36.0 Å². The number of hydrogen-bond acceptors (Lipinski definition) is 4. The molecule has 1 fully saturated rings. The molecular formula is C28H27N5O2S. The van der Waals surface area contributed by atoms with Crippen LogP contribution in [0.5, 0.6) is 5.75 Å². The number of rotatable bonds is 6. The Kier molecular flexibility index (Phi) is 6.43. The maximum atomic E-state index is 11.9. The van der Waals surface area contributed by atoms with Crippen molar-refractivity contribution in [2.75, 3.05) is 17.3 Å². The highest BCUT2D eigenvalue weighted by atomic mass is 32.1. The molecule has 4 aromatic rings. The van der Waals surface area contributed by atoms with Gasteiger partial charge in [0, 0.05) is 36.4 Å². The molecule has 5 rings (SSSR count). The zero-order chi connectivity index (χ0) is 25.2. The molecule has 2 aromatic carbocycles. The molecule has 0 aliphatic carbocycles. The van der Waals surface area contributed by atoms with Crippen molar-refractivity contribution >= 4 is 34.6 Å². The van der Waals surface area contributed by atoms with Crippen molar-refractivity contribution in [2.45, 2.75) is 25.9 Å². The van der Waals surface area contributed by atoms with Crippen LogP contribution in [0.15, 0.2) is 85.2 Å². The Morgan fingerprint density at radius 1 is 1.06 bits per heavy atom. The predicted molar refractivity (Wildman–Crippen MR) is 146 cm³/mol. The highest BCUT2D eigenvalue weighted by Gasteiger charge is 2.42. The van der Waals surface area contributed by atoms with E-state index in [0.717, 1.165) is 22.8 Å². The van der Waals surface area contributed by atoms with Gasteiger partial charge in [0.1, 0.15) is 11.8 Å². The zero-order valence-electron chi connectivity index (χ0n) is 20.3. The molecule has 2 aromatic heterocycles. The normalized spacial score (nSPS) is 17.1. The van der Waals surface area contributed by atoms with Gasteiger partial charge in [-0.2, -0.15) is 0 Å². The summed E-state index contributed by atoms with van der Waals surface area (Å²) in [7, 11) is 1.58. The minimum atomic E-state index is -0.207. The summed E-state index contributed by atoms with van der Waals surface area (Å²) < 4.78 is 7.66. The number of pyridine rings is 1.